The molecular weight excluding hydrogens is 192 g/mol. The van der Waals surface area contributed by atoms with Crippen LogP contribution in [-0.4, -0.2) is 5.11 Å². The van der Waals surface area contributed by atoms with Crippen LogP contribution in [0.3, 0.4) is 0 Å². The van der Waals surface area contributed by atoms with Crippen molar-refractivity contribution in [3.05, 3.63) is 21.3 Å². The summed E-state index contributed by atoms with van der Waals surface area (Å²) in [6.45, 7) is 0. The van der Waals surface area contributed by atoms with E-state index >= 15 is 0 Å². The van der Waals surface area contributed by atoms with E-state index in [2.05, 4.69) is 0 Å². The minimum absolute atomic E-state index is 0.267. The molecule has 0 radical (unpaired) electrons. The Balaban J connectivity index is 2.08. The van der Waals surface area contributed by atoms with Gasteiger partial charge in [-0.2, -0.15) is 0 Å². The van der Waals surface area contributed by atoms with Crippen molar-refractivity contribution in [1.29, 1.82) is 0 Å². The standard InChI is InChI=1S/C9H11ClOS/c10-8-5-4-7(12-8)9(11)6-2-1-3-6/h4-6,9,11H,1-3H2. The second-order valence-corrected chi connectivity index (χ2v) is 5.02. The summed E-state index contributed by atoms with van der Waals surface area (Å²) in [5, 5.41) is 9.81. The first-order valence-corrected chi connectivity index (χ1v) is 5.40. The van der Waals surface area contributed by atoms with Gasteiger partial charge < -0.3 is 5.11 Å². The number of thiophene rings is 1. The van der Waals surface area contributed by atoms with E-state index in [0.717, 1.165) is 22.1 Å². The van der Waals surface area contributed by atoms with Crippen LogP contribution in [0.4, 0.5) is 0 Å². The van der Waals surface area contributed by atoms with E-state index in [-0.39, 0.29) is 6.10 Å². The van der Waals surface area contributed by atoms with Crippen LogP contribution >= 0.6 is 22.9 Å². The van der Waals surface area contributed by atoms with Crippen molar-refractivity contribution >= 4 is 22.9 Å². The first-order chi connectivity index (χ1) is 5.77. The molecular formula is C9H11ClOS. The summed E-state index contributed by atoms with van der Waals surface area (Å²) < 4.78 is 0.767. The zero-order valence-electron chi connectivity index (χ0n) is 6.66. The topological polar surface area (TPSA) is 20.2 Å². The van der Waals surface area contributed by atoms with E-state index < -0.39 is 0 Å². The second-order valence-electron chi connectivity index (χ2n) is 3.28. The molecule has 0 aliphatic heterocycles. The summed E-state index contributed by atoms with van der Waals surface area (Å²) in [6, 6.07) is 3.78. The van der Waals surface area contributed by atoms with Crippen LogP contribution in [-0.2, 0) is 0 Å². The van der Waals surface area contributed by atoms with Crippen molar-refractivity contribution in [1.82, 2.24) is 0 Å². The van der Waals surface area contributed by atoms with Gasteiger partial charge in [-0.25, -0.2) is 0 Å². The van der Waals surface area contributed by atoms with Gasteiger partial charge in [0.15, 0.2) is 0 Å². The molecule has 1 unspecified atom stereocenters. The lowest BCUT2D eigenvalue weighted by molar-refractivity contribution is 0.0650. The van der Waals surface area contributed by atoms with E-state index in [1.165, 1.54) is 17.8 Å². The highest BCUT2D eigenvalue weighted by atomic mass is 35.5. The maximum atomic E-state index is 9.81. The fraction of sp³-hybridized carbons (Fsp3) is 0.556. The van der Waals surface area contributed by atoms with Crippen molar-refractivity contribution in [3.8, 4) is 0 Å². The van der Waals surface area contributed by atoms with Gasteiger partial charge in [0, 0.05) is 4.88 Å². The van der Waals surface area contributed by atoms with Gasteiger partial charge in [-0.3, -0.25) is 0 Å². The molecule has 0 aromatic carbocycles. The van der Waals surface area contributed by atoms with Crippen molar-refractivity contribution in [2.75, 3.05) is 0 Å². The van der Waals surface area contributed by atoms with E-state index in [4.69, 9.17) is 11.6 Å². The molecule has 3 heteroatoms. The predicted molar refractivity (Wildman–Crippen MR) is 51.6 cm³/mol. The minimum Gasteiger partial charge on any atom is -0.387 e. The van der Waals surface area contributed by atoms with Crippen LogP contribution in [0.25, 0.3) is 0 Å². The van der Waals surface area contributed by atoms with Crippen molar-refractivity contribution in [2.24, 2.45) is 5.92 Å². The lowest BCUT2D eigenvalue weighted by atomic mass is 9.81. The third-order valence-electron chi connectivity index (χ3n) is 2.48. The Morgan fingerprint density at radius 3 is 2.67 bits per heavy atom. The van der Waals surface area contributed by atoms with Gasteiger partial charge in [-0.05, 0) is 30.9 Å². The number of aliphatic hydroxyl groups is 1. The molecule has 1 aromatic heterocycles. The molecule has 1 nitrogen and oxygen atoms in total. The number of halogens is 1. The number of hydrogen-bond acceptors (Lipinski definition) is 2. The lowest BCUT2D eigenvalue weighted by Crippen LogP contribution is -2.19. The highest BCUT2D eigenvalue weighted by Gasteiger charge is 2.27. The van der Waals surface area contributed by atoms with E-state index in [1.807, 2.05) is 12.1 Å². The molecule has 1 aromatic rings. The van der Waals surface area contributed by atoms with Crippen LogP contribution < -0.4 is 0 Å². The van der Waals surface area contributed by atoms with Gasteiger partial charge in [0.2, 0.25) is 0 Å². The minimum atomic E-state index is -0.267. The van der Waals surface area contributed by atoms with Crippen LogP contribution in [0.5, 0.6) is 0 Å². The highest BCUT2D eigenvalue weighted by molar-refractivity contribution is 7.16. The van der Waals surface area contributed by atoms with Gasteiger partial charge in [0.25, 0.3) is 0 Å². The average molecular weight is 203 g/mol. The molecule has 0 saturated heterocycles. The SMILES string of the molecule is OC(c1ccc(Cl)s1)C1CCC1. The van der Waals surface area contributed by atoms with E-state index in [9.17, 15) is 5.11 Å². The third-order valence-corrected chi connectivity index (χ3v) is 3.78. The first-order valence-electron chi connectivity index (χ1n) is 4.20. The monoisotopic (exact) mass is 202 g/mol. The molecule has 1 fully saturated rings. The third kappa shape index (κ3) is 1.51. The van der Waals surface area contributed by atoms with Crippen LogP contribution in [0, 0.1) is 5.92 Å². The Kier molecular flexibility index (Phi) is 2.40. The van der Waals surface area contributed by atoms with Gasteiger partial charge in [0.05, 0.1) is 10.4 Å². The van der Waals surface area contributed by atoms with Crippen LogP contribution in [0.2, 0.25) is 4.34 Å². The normalized spacial score (nSPS) is 20.5. The quantitative estimate of drug-likeness (QED) is 0.781. The molecule has 1 heterocycles. The summed E-state index contributed by atoms with van der Waals surface area (Å²) >= 11 is 7.27. The van der Waals surface area contributed by atoms with Crippen molar-refractivity contribution in [3.63, 3.8) is 0 Å². The Hall–Kier alpha value is -0.0500. The molecule has 66 valence electrons. The number of rotatable bonds is 2. The van der Waals surface area contributed by atoms with E-state index in [1.54, 1.807) is 0 Å². The maximum absolute atomic E-state index is 9.81. The van der Waals surface area contributed by atoms with Gasteiger partial charge in [0.1, 0.15) is 0 Å². The molecule has 2 rings (SSSR count). The molecule has 1 N–H and O–H groups in total. The Bertz CT molecular complexity index is 267. The summed E-state index contributed by atoms with van der Waals surface area (Å²) in [5.41, 5.74) is 0. The van der Waals surface area contributed by atoms with Gasteiger partial charge in [-0.15, -0.1) is 11.3 Å². The first kappa shape index (κ1) is 8.54. The van der Waals surface area contributed by atoms with Crippen LogP contribution in [0.1, 0.15) is 30.2 Å². The summed E-state index contributed by atoms with van der Waals surface area (Å²) in [5.74, 6) is 0.486. The molecule has 1 saturated carbocycles. The molecule has 0 amide bonds. The van der Waals surface area contributed by atoms with Crippen LogP contribution in [0.15, 0.2) is 12.1 Å². The Morgan fingerprint density at radius 2 is 2.25 bits per heavy atom. The van der Waals surface area contributed by atoms with Gasteiger partial charge in [-0.1, -0.05) is 18.0 Å². The predicted octanol–water partition coefficient (Wildman–Crippen LogP) is 3.24. The molecule has 12 heavy (non-hydrogen) atoms. The molecule has 0 spiro atoms. The number of hydrogen-bond donors (Lipinski definition) is 1. The lowest BCUT2D eigenvalue weighted by Gasteiger charge is -2.29. The fourth-order valence-electron chi connectivity index (χ4n) is 1.48. The summed E-state index contributed by atoms with van der Waals surface area (Å²) in [7, 11) is 0. The smallest absolute Gasteiger partial charge is 0.0932 e. The van der Waals surface area contributed by atoms with Crippen molar-refractivity contribution < 1.29 is 5.11 Å². The molecule has 1 aliphatic rings. The Labute approximate surface area is 81.0 Å². The fourth-order valence-corrected chi connectivity index (χ4v) is 2.62. The second kappa shape index (κ2) is 3.36. The maximum Gasteiger partial charge on any atom is 0.0932 e. The summed E-state index contributed by atoms with van der Waals surface area (Å²) in [6.07, 6.45) is 3.32. The largest absolute Gasteiger partial charge is 0.387 e. The van der Waals surface area contributed by atoms with Crippen molar-refractivity contribution in [2.45, 2.75) is 25.4 Å². The summed E-state index contributed by atoms with van der Waals surface area (Å²) in [4.78, 5) is 1.02. The van der Waals surface area contributed by atoms with Gasteiger partial charge >= 0.3 is 0 Å². The molecule has 1 atom stereocenters. The average Bonchev–Trinajstić information content (AvgIpc) is 2.31. The highest BCUT2D eigenvalue weighted by Crippen LogP contribution is 2.40. The zero-order valence-corrected chi connectivity index (χ0v) is 8.24. The number of aliphatic hydroxyl groups excluding tert-OH is 1. The molecule has 1 aliphatic carbocycles. The van der Waals surface area contributed by atoms with E-state index in [0.29, 0.717) is 5.92 Å². The zero-order chi connectivity index (χ0) is 8.55. The molecule has 0 bridgehead atoms. The Morgan fingerprint density at radius 1 is 1.50 bits per heavy atom.